The maximum absolute atomic E-state index is 13.0. The van der Waals surface area contributed by atoms with Crippen molar-refractivity contribution in [1.29, 1.82) is 0 Å². The van der Waals surface area contributed by atoms with Gasteiger partial charge in [0.2, 0.25) is 10.0 Å². The standard InChI is InChI=1S/C19H19F3N2O4S/c1-2-28-17-8-7-14(19(20,21)22)12-16(17)23-18(25)13-5-3-6-15(11-13)24-9-4-10-29(24,26)27/h3,5-8,11-12H,2,4,9-10H2,1H3,(H,23,25). The lowest BCUT2D eigenvalue weighted by Gasteiger charge is -2.18. The molecule has 1 amide bonds. The van der Waals surface area contributed by atoms with Crippen molar-refractivity contribution in [2.24, 2.45) is 0 Å². The third-order valence-corrected chi connectivity index (χ3v) is 6.22. The SMILES string of the molecule is CCOc1ccc(C(F)(F)F)cc1NC(=O)c1cccc(N2CCCS2(=O)=O)c1. The molecule has 0 aliphatic carbocycles. The van der Waals surface area contributed by atoms with Crippen LogP contribution in [0.4, 0.5) is 24.5 Å². The summed E-state index contributed by atoms with van der Waals surface area (Å²) in [6.07, 6.45) is -4.09. The minimum absolute atomic E-state index is 0.0331. The van der Waals surface area contributed by atoms with Crippen molar-refractivity contribution >= 4 is 27.3 Å². The van der Waals surface area contributed by atoms with E-state index in [0.29, 0.717) is 18.7 Å². The number of carbonyl (C=O) groups excluding carboxylic acids is 1. The molecule has 6 nitrogen and oxygen atoms in total. The van der Waals surface area contributed by atoms with Crippen LogP contribution in [-0.2, 0) is 16.2 Å². The Balaban J connectivity index is 1.90. The first-order valence-corrected chi connectivity index (χ1v) is 10.5. The first kappa shape index (κ1) is 21.0. The smallest absolute Gasteiger partial charge is 0.416 e. The van der Waals surface area contributed by atoms with Gasteiger partial charge in [-0.3, -0.25) is 9.10 Å². The highest BCUT2D eigenvalue weighted by Gasteiger charge is 2.32. The summed E-state index contributed by atoms with van der Waals surface area (Å²) in [4.78, 5) is 12.6. The molecular weight excluding hydrogens is 409 g/mol. The van der Waals surface area contributed by atoms with Crippen molar-refractivity contribution < 1.29 is 31.1 Å². The summed E-state index contributed by atoms with van der Waals surface area (Å²) >= 11 is 0. The number of halogens is 3. The Labute approximate surface area is 166 Å². The molecule has 0 spiro atoms. The van der Waals surface area contributed by atoms with Crippen molar-refractivity contribution in [1.82, 2.24) is 0 Å². The predicted octanol–water partition coefficient (Wildman–Crippen LogP) is 3.90. The number of hydrogen-bond donors (Lipinski definition) is 1. The maximum atomic E-state index is 13.0. The zero-order valence-electron chi connectivity index (χ0n) is 15.5. The molecule has 2 aromatic rings. The van der Waals surface area contributed by atoms with Gasteiger partial charge in [-0.05, 0) is 49.7 Å². The van der Waals surface area contributed by atoms with Crippen LogP contribution in [0.25, 0.3) is 0 Å². The van der Waals surface area contributed by atoms with E-state index in [9.17, 15) is 26.4 Å². The highest BCUT2D eigenvalue weighted by molar-refractivity contribution is 7.93. The number of carbonyl (C=O) groups is 1. The quantitative estimate of drug-likeness (QED) is 0.784. The Morgan fingerprint density at radius 1 is 1.21 bits per heavy atom. The number of nitrogens with zero attached hydrogens (tertiary/aromatic N) is 1. The van der Waals surface area contributed by atoms with Crippen molar-refractivity contribution in [2.45, 2.75) is 19.5 Å². The highest BCUT2D eigenvalue weighted by Crippen LogP contribution is 2.35. The minimum atomic E-state index is -4.58. The van der Waals surface area contributed by atoms with Crippen molar-refractivity contribution in [3.05, 3.63) is 53.6 Å². The molecular formula is C19H19F3N2O4S. The molecule has 156 valence electrons. The number of hydrogen-bond acceptors (Lipinski definition) is 4. The lowest BCUT2D eigenvalue weighted by molar-refractivity contribution is -0.137. The van der Waals surface area contributed by atoms with Gasteiger partial charge in [-0.2, -0.15) is 13.2 Å². The van der Waals surface area contributed by atoms with E-state index in [1.54, 1.807) is 13.0 Å². The number of alkyl halides is 3. The number of anilines is 2. The van der Waals surface area contributed by atoms with Crippen molar-refractivity contribution in [3.8, 4) is 5.75 Å². The number of ether oxygens (including phenoxy) is 1. The summed E-state index contributed by atoms with van der Waals surface area (Å²) in [7, 11) is -3.42. The Morgan fingerprint density at radius 2 is 1.97 bits per heavy atom. The normalized spacial score (nSPS) is 15.9. The van der Waals surface area contributed by atoms with Gasteiger partial charge in [0.1, 0.15) is 5.75 Å². The van der Waals surface area contributed by atoms with E-state index < -0.39 is 27.7 Å². The molecule has 0 saturated carbocycles. The molecule has 10 heteroatoms. The highest BCUT2D eigenvalue weighted by atomic mass is 32.2. The van der Waals surface area contributed by atoms with Gasteiger partial charge >= 0.3 is 6.18 Å². The average Bonchev–Trinajstić information content (AvgIpc) is 3.01. The molecule has 1 aliphatic rings. The molecule has 1 saturated heterocycles. The third kappa shape index (κ3) is 4.64. The van der Waals surface area contributed by atoms with Gasteiger partial charge < -0.3 is 10.1 Å². The van der Waals surface area contributed by atoms with E-state index in [1.165, 1.54) is 22.5 Å². The molecule has 0 aromatic heterocycles. The monoisotopic (exact) mass is 428 g/mol. The number of sulfonamides is 1. The van der Waals surface area contributed by atoms with Crippen LogP contribution in [0.1, 0.15) is 29.3 Å². The summed E-state index contributed by atoms with van der Waals surface area (Å²) in [6.45, 7) is 2.19. The second kappa shape index (κ2) is 7.94. The minimum Gasteiger partial charge on any atom is -0.492 e. The van der Waals surface area contributed by atoms with Gasteiger partial charge in [0.25, 0.3) is 5.91 Å². The third-order valence-electron chi connectivity index (χ3n) is 4.35. The Kier molecular flexibility index (Phi) is 5.74. The van der Waals surface area contributed by atoms with Crippen LogP contribution in [0, 0.1) is 0 Å². The van der Waals surface area contributed by atoms with E-state index in [-0.39, 0.29) is 29.4 Å². The summed E-state index contributed by atoms with van der Waals surface area (Å²) in [5.74, 6) is -0.540. The van der Waals surface area contributed by atoms with Crippen LogP contribution in [0.5, 0.6) is 5.75 Å². The molecule has 1 aliphatic heterocycles. The second-order valence-corrected chi connectivity index (χ2v) is 8.40. The molecule has 1 N–H and O–H groups in total. The van der Waals surface area contributed by atoms with E-state index in [2.05, 4.69) is 5.32 Å². The largest absolute Gasteiger partial charge is 0.492 e. The van der Waals surface area contributed by atoms with Gasteiger partial charge in [0.15, 0.2) is 0 Å². The van der Waals surface area contributed by atoms with Gasteiger partial charge in [0, 0.05) is 12.1 Å². The fourth-order valence-corrected chi connectivity index (χ4v) is 4.57. The van der Waals surface area contributed by atoms with Crippen LogP contribution in [0.2, 0.25) is 0 Å². The molecule has 2 aromatic carbocycles. The molecule has 0 bridgehead atoms. The first-order chi connectivity index (χ1) is 13.6. The van der Waals surface area contributed by atoms with Gasteiger partial charge in [-0.15, -0.1) is 0 Å². The fourth-order valence-electron chi connectivity index (χ4n) is 3.01. The Morgan fingerprint density at radius 3 is 2.59 bits per heavy atom. The lowest BCUT2D eigenvalue weighted by Crippen LogP contribution is -2.25. The first-order valence-electron chi connectivity index (χ1n) is 8.87. The van der Waals surface area contributed by atoms with Crippen LogP contribution in [-0.4, -0.2) is 33.2 Å². The summed E-state index contributed by atoms with van der Waals surface area (Å²) < 4.78 is 69.8. The second-order valence-electron chi connectivity index (χ2n) is 6.39. The topological polar surface area (TPSA) is 75.7 Å². The van der Waals surface area contributed by atoms with Crippen LogP contribution >= 0.6 is 0 Å². The van der Waals surface area contributed by atoms with Gasteiger partial charge in [0.05, 0.1) is 29.3 Å². The van der Waals surface area contributed by atoms with E-state index >= 15 is 0 Å². The van der Waals surface area contributed by atoms with Crippen LogP contribution < -0.4 is 14.4 Å². The molecule has 0 unspecified atom stereocenters. The molecule has 3 rings (SSSR count). The van der Waals surface area contributed by atoms with Crippen molar-refractivity contribution in [3.63, 3.8) is 0 Å². The maximum Gasteiger partial charge on any atom is 0.416 e. The molecule has 1 fully saturated rings. The number of amides is 1. The van der Waals surface area contributed by atoms with E-state index in [0.717, 1.165) is 18.2 Å². The fraction of sp³-hybridized carbons (Fsp3) is 0.316. The van der Waals surface area contributed by atoms with E-state index in [4.69, 9.17) is 4.74 Å². The number of nitrogens with one attached hydrogen (secondary N) is 1. The molecule has 1 heterocycles. The molecule has 0 radical (unpaired) electrons. The van der Waals surface area contributed by atoms with Crippen molar-refractivity contribution in [2.75, 3.05) is 28.5 Å². The van der Waals surface area contributed by atoms with Gasteiger partial charge in [-0.25, -0.2) is 8.42 Å². The average molecular weight is 428 g/mol. The zero-order valence-corrected chi connectivity index (χ0v) is 16.3. The molecule has 0 atom stereocenters. The Hall–Kier alpha value is -2.75. The van der Waals surface area contributed by atoms with Crippen LogP contribution in [0.15, 0.2) is 42.5 Å². The number of benzene rings is 2. The van der Waals surface area contributed by atoms with E-state index in [1.807, 2.05) is 0 Å². The summed E-state index contributed by atoms with van der Waals surface area (Å²) in [5.41, 5.74) is -0.590. The summed E-state index contributed by atoms with van der Waals surface area (Å²) in [6, 6.07) is 8.76. The van der Waals surface area contributed by atoms with Gasteiger partial charge in [-0.1, -0.05) is 6.07 Å². The lowest BCUT2D eigenvalue weighted by atomic mass is 10.1. The summed E-state index contributed by atoms with van der Waals surface area (Å²) in [5, 5.41) is 2.43. The van der Waals surface area contributed by atoms with Crippen LogP contribution in [0.3, 0.4) is 0 Å². The number of rotatable bonds is 5. The zero-order chi connectivity index (χ0) is 21.2. The Bertz CT molecular complexity index is 1020. The predicted molar refractivity (Wildman–Crippen MR) is 103 cm³/mol. The molecule has 29 heavy (non-hydrogen) atoms.